The van der Waals surface area contributed by atoms with Gasteiger partial charge in [-0.15, -0.1) is 11.3 Å². The number of aromatic nitrogens is 1. The van der Waals surface area contributed by atoms with Gasteiger partial charge in [-0.2, -0.15) is 13.2 Å². The summed E-state index contributed by atoms with van der Waals surface area (Å²) >= 11 is 6.74. The van der Waals surface area contributed by atoms with Crippen LogP contribution < -0.4 is 10.0 Å². The lowest BCUT2D eigenvalue weighted by Gasteiger charge is -2.10. The van der Waals surface area contributed by atoms with Crippen LogP contribution in [0.3, 0.4) is 0 Å². The number of sulfonamides is 1. The number of esters is 1. The summed E-state index contributed by atoms with van der Waals surface area (Å²) in [7, 11) is -3.75. The van der Waals surface area contributed by atoms with Crippen LogP contribution in [0.5, 0.6) is 0 Å². The van der Waals surface area contributed by atoms with Crippen molar-refractivity contribution >= 4 is 56.3 Å². The van der Waals surface area contributed by atoms with Crippen molar-refractivity contribution in [3.05, 3.63) is 70.2 Å². The molecule has 0 bridgehead atoms. The number of hydrogen-bond donors (Lipinski definition) is 2. The van der Waals surface area contributed by atoms with Crippen LogP contribution in [0.1, 0.15) is 15.9 Å². The fourth-order valence-corrected chi connectivity index (χ4v) is 4.63. The second-order valence-corrected chi connectivity index (χ2v) is 9.56. The van der Waals surface area contributed by atoms with E-state index in [0.717, 1.165) is 11.3 Å². The molecule has 3 rings (SSSR count). The molecule has 174 valence electrons. The van der Waals surface area contributed by atoms with Gasteiger partial charge in [-0.3, -0.25) is 9.52 Å². The first-order chi connectivity index (χ1) is 15.5. The first-order valence-corrected chi connectivity index (χ1v) is 11.6. The van der Waals surface area contributed by atoms with E-state index in [0.29, 0.717) is 12.3 Å². The van der Waals surface area contributed by atoms with Crippen LogP contribution in [0.15, 0.2) is 58.3 Å². The number of anilines is 2. The highest BCUT2D eigenvalue weighted by Crippen LogP contribution is 2.32. The van der Waals surface area contributed by atoms with E-state index in [1.807, 2.05) is 0 Å². The number of carbonyl (C=O) groups is 2. The van der Waals surface area contributed by atoms with Crippen LogP contribution in [-0.4, -0.2) is 31.9 Å². The number of benzene rings is 1. The minimum atomic E-state index is -4.64. The van der Waals surface area contributed by atoms with Gasteiger partial charge in [0, 0.05) is 11.9 Å². The van der Waals surface area contributed by atoms with Crippen molar-refractivity contribution in [1.29, 1.82) is 0 Å². The van der Waals surface area contributed by atoms with Crippen molar-refractivity contribution in [2.75, 3.05) is 16.6 Å². The third-order valence-electron chi connectivity index (χ3n) is 3.89. The Bertz CT molecular complexity index is 1260. The monoisotopic (exact) mass is 519 g/mol. The maximum atomic E-state index is 12.6. The first kappa shape index (κ1) is 24.5. The lowest BCUT2D eigenvalue weighted by molar-refractivity contribution is -0.137. The summed E-state index contributed by atoms with van der Waals surface area (Å²) in [5, 5.41) is 3.32. The molecule has 14 heteroatoms. The van der Waals surface area contributed by atoms with Gasteiger partial charge in [0.2, 0.25) is 0 Å². The normalized spacial score (nSPS) is 11.6. The number of nitrogens with zero attached hydrogens (tertiary/aromatic N) is 1. The molecule has 3 aromatic rings. The minimum absolute atomic E-state index is 0.0348. The quantitative estimate of drug-likeness (QED) is 0.447. The van der Waals surface area contributed by atoms with E-state index in [-0.39, 0.29) is 21.3 Å². The number of carbonyl (C=O) groups excluding carboxylic acids is 2. The summed E-state index contributed by atoms with van der Waals surface area (Å²) in [6.45, 7) is -0.759. The van der Waals surface area contributed by atoms with Crippen molar-refractivity contribution < 1.29 is 35.9 Å². The van der Waals surface area contributed by atoms with Crippen molar-refractivity contribution in [3.63, 3.8) is 0 Å². The summed E-state index contributed by atoms with van der Waals surface area (Å²) in [6.07, 6.45) is -4.14. The van der Waals surface area contributed by atoms with E-state index in [4.69, 9.17) is 16.3 Å². The molecular formula is C19H13ClF3N3O5S2. The van der Waals surface area contributed by atoms with Crippen molar-refractivity contribution in [2.24, 2.45) is 0 Å². The number of alkyl halides is 3. The molecule has 2 heterocycles. The van der Waals surface area contributed by atoms with Crippen molar-refractivity contribution in [1.82, 2.24) is 4.98 Å². The molecule has 8 nitrogen and oxygen atoms in total. The average molecular weight is 520 g/mol. The van der Waals surface area contributed by atoms with Gasteiger partial charge in [-0.25, -0.2) is 18.2 Å². The molecule has 2 N–H and O–H groups in total. The Morgan fingerprint density at radius 1 is 1.15 bits per heavy atom. The molecule has 2 aromatic heterocycles. The summed E-state index contributed by atoms with van der Waals surface area (Å²) in [5.74, 6) is -2.09. The molecule has 0 fully saturated rings. The highest BCUT2D eigenvalue weighted by Gasteiger charge is 2.31. The van der Waals surface area contributed by atoms with Gasteiger partial charge < -0.3 is 10.1 Å². The van der Waals surface area contributed by atoms with Gasteiger partial charge in [0.05, 0.1) is 16.1 Å². The van der Waals surface area contributed by atoms with Gasteiger partial charge >= 0.3 is 12.1 Å². The molecule has 33 heavy (non-hydrogen) atoms. The molecule has 0 aliphatic carbocycles. The summed E-state index contributed by atoms with van der Waals surface area (Å²) in [4.78, 5) is 27.5. The number of thiophene rings is 1. The van der Waals surface area contributed by atoms with Gasteiger partial charge in [0.25, 0.3) is 15.9 Å². The molecular weight excluding hydrogens is 507 g/mol. The third kappa shape index (κ3) is 6.43. The second-order valence-electron chi connectivity index (χ2n) is 6.29. The van der Waals surface area contributed by atoms with Crippen LogP contribution in [-0.2, 0) is 25.7 Å². The van der Waals surface area contributed by atoms with E-state index >= 15 is 0 Å². The lowest BCUT2D eigenvalue weighted by atomic mass is 10.2. The summed E-state index contributed by atoms with van der Waals surface area (Å²) in [6, 6.07) is 8.90. The number of ether oxygens (including phenoxy) is 1. The van der Waals surface area contributed by atoms with Gasteiger partial charge in [-0.05, 0) is 41.8 Å². The van der Waals surface area contributed by atoms with E-state index in [9.17, 15) is 31.2 Å². The number of hydrogen-bond acceptors (Lipinski definition) is 7. The predicted molar refractivity (Wildman–Crippen MR) is 115 cm³/mol. The summed E-state index contributed by atoms with van der Waals surface area (Å²) in [5.41, 5.74) is -0.841. The minimum Gasteiger partial charge on any atom is -0.452 e. The molecule has 0 spiro atoms. The molecule has 0 unspecified atom stereocenters. The van der Waals surface area contributed by atoms with Crippen molar-refractivity contribution in [2.45, 2.75) is 10.4 Å². The van der Waals surface area contributed by atoms with Gasteiger partial charge in [-0.1, -0.05) is 17.7 Å². The fourth-order valence-electron chi connectivity index (χ4n) is 2.36. The third-order valence-corrected chi connectivity index (χ3v) is 6.96. The Morgan fingerprint density at radius 3 is 2.42 bits per heavy atom. The number of halogens is 4. The highest BCUT2D eigenvalue weighted by molar-refractivity contribution is 7.94. The molecule has 1 aromatic carbocycles. The first-order valence-electron chi connectivity index (χ1n) is 8.82. The zero-order chi connectivity index (χ0) is 24.2. The van der Waals surface area contributed by atoms with Gasteiger partial charge in [0.15, 0.2) is 12.4 Å². The number of pyridine rings is 1. The Balaban J connectivity index is 1.55. The SMILES string of the molecule is O=C(COC(=O)c1ccc(NS(=O)(=O)c2cccs2)cc1)Nc1ncc(C(F)(F)F)cc1Cl. The standard InChI is InChI=1S/C19H13ClF3N3O5S2/c20-14-8-12(19(21,22)23)9-24-17(14)25-15(27)10-31-18(28)11-3-5-13(6-4-11)26-33(29,30)16-2-1-7-32-16/h1-9,26H,10H2,(H,24,25,27). The number of nitrogens with one attached hydrogen (secondary N) is 2. The van der Waals surface area contributed by atoms with Crippen LogP contribution >= 0.6 is 22.9 Å². The Labute approximate surface area is 194 Å². The average Bonchev–Trinajstić information content (AvgIpc) is 3.29. The maximum absolute atomic E-state index is 12.6. The van der Waals surface area contributed by atoms with E-state index in [1.165, 1.54) is 30.3 Å². The lowest BCUT2D eigenvalue weighted by Crippen LogP contribution is -2.22. The summed E-state index contributed by atoms with van der Waals surface area (Å²) < 4.78 is 69.6. The van der Waals surface area contributed by atoms with E-state index in [2.05, 4.69) is 15.0 Å². The largest absolute Gasteiger partial charge is 0.452 e. The zero-order valence-corrected chi connectivity index (χ0v) is 18.6. The topological polar surface area (TPSA) is 114 Å². The van der Waals surface area contributed by atoms with Crippen LogP contribution in [0, 0.1) is 0 Å². The zero-order valence-electron chi connectivity index (χ0n) is 16.2. The van der Waals surface area contributed by atoms with E-state index in [1.54, 1.807) is 11.4 Å². The Kier molecular flexibility index (Phi) is 7.25. The van der Waals surface area contributed by atoms with E-state index < -0.39 is 45.3 Å². The fraction of sp³-hybridized carbons (Fsp3) is 0.105. The molecule has 0 aliphatic rings. The second kappa shape index (κ2) is 9.77. The Hall–Kier alpha value is -3.16. The number of rotatable bonds is 7. The van der Waals surface area contributed by atoms with Crippen molar-refractivity contribution in [3.8, 4) is 0 Å². The molecule has 0 aliphatic heterocycles. The molecule has 0 atom stereocenters. The molecule has 0 saturated carbocycles. The van der Waals surface area contributed by atoms with Gasteiger partial charge in [0.1, 0.15) is 4.21 Å². The molecule has 0 saturated heterocycles. The van der Waals surface area contributed by atoms with Crippen LogP contribution in [0.25, 0.3) is 0 Å². The smallest absolute Gasteiger partial charge is 0.417 e. The molecule has 0 radical (unpaired) electrons. The number of amides is 1. The maximum Gasteiger partial charge on any atom is 0.417 e. The Morgan fingerprint density at radius 2 is 1.85 bits per heavy atom. The predicted octanol–water partition coefficient (Wildman–Crippen LogP) is 4.41. The molecule has 1 amide bonds. The van der Waals surface area contributed by atoms with Crippen LogP contribution in [0.4, 0.5) is 24.7 Å². The van der Waals surface area contributed by atoms with Crippen LogP contribution in [0.2, 0.25) is 5.02 Å². The highest BCUT2D eigenvalue weighted by atomic mass is 35.5.